The molecule has 0 aromatic heterocycles. The summed E-state index contributed by atoms with van der Waals surface area (Å²) in [7, 11) is 4.91. The minimum Gasteiger partial charge on any atom is -0.468 e. The molecule has 0 radical (unpaired) electrons. The van der Waals surface area contributed by atoms with Crippen molar-refractivity contribution < 1.29 is 14.3 Å². The molecule has 2 aliphatic rings. The van der Waals surface area contributed by atoms with E-state index in [9.17, 15) is 9.59 Å². The number of nitrogens with zero attached hydrogens (tertiary/aromatic N) is 2. The number of rotatable bonds is 2. The first-order valence-corrected chi connectivity index (χ1v) is 6.78. The van der Waals surface area contributed by atoms with E-state index >= 15 is 0 Å². The topological polar surface area (TPSA) is 75.9 Å². The molecule has 2 fully saturated rings. The number of fused-ring (bicyclic) bond motifs is 2. The van der Waals surface area contributed by atoms with Crippen molar-refractivity contribution in [3.05, 3.63) is 0 Å². The maximum Gasteiger partial charge on any atom is 0.322 e. The number of carbonyl (C=O) groups excluding carboxylic acids is 2. The van der Waals surface area contributed by atoms with Crippen LogP contribution in [0.4, 0.5) is 4.79 Å². The quantitative estimate of drug-likeness (QED) is 0.737. The molecule has 2 amide bonds. The van der Waals surface area contributed by atoms with Gasteiger partial charge in [0.1, 0.15) is 6.04 Å². The Morgan fingerprint density at radius 2 is 1.79 bits per heavy atom. The van der Waals surface area contributed by atoms with Crippen molar-refractivity contribution in [3.8, 4) is 0 Å². The molecule has 0 aromatic carbocycles. The molecule has 2 rings (SSSR count). The largest absolute Gasteiger partial charge is 0.468 e. The number of nitrogens with two attached hydrogens (primary N) is 1. The first kappa shape index (κ1) is 14.1. The summed E-state index contributed by atoms with van der Waals surface area (Å²) in [6.45, 7) is 0. The number of hydrogen-bond acceptors (Lipinski definition) is 4. The summed E-state index contributed by atoms with van der Waals surface area (Å²) < 4.78 is 4.72. The lowest BCUT2D eigenvalue weighted by atomic mass is 9.85. The van der Waals surface area contributed by atoms with Crippen molar-refractivity contribution in [1.82, 2.24) is 9.80 Å². The van der Waals surface area contributed by atoms with Gasteiger partial charge in [-0.05, 0) is 31.6 Å². The van der Waals surface area contributed by atoms with Gasteiger partial charge in [0.25, 0.3) is 0 Å². The smallest absolute Gasteiger partial charge is 0.322 e. The lowest BCUT2D eigenvalue weighted by Crippen LogP contribution is -2.54. The summed E-state index contributed by atoms with van der Waals surface area (Å²) in [6.07, 6.45) is 3.61. The average Bonchev–Trinajstić information content (AvgIpc) is 2.65. The van der Waals surface area contributed by atoms with Crippen molar-refractivity contribution in [1.29, 1.82) is 0 Å². The molecule has 2 N–H and O–H groups in total. The van der Waals surface area contributed by atoms with Gasteiger partial charge in [-0.25, -0.2) is 4.79 Å². The lowest BCUT2D eigenvalue weighted by molar-refractivity contribution is -0.144. The van der Waals surface area contributed by atoms with Gasteiger partial charge in [-0.3, -0.25) is 4.79 Å². The summed E-state index contributed by atoms with van der Waals surface area (Å²) in [5.74, 6) is -0.229. The van der Waals surface area contributed by atoms with Crippen molar-refractivity contribution in [3.63, 3.8) is 0 Å². The minimum absolute atomic E-state index is 0.0672. The van der Waals surface area contributed by atoms with Gasteiger partial charge < -0.3 is 20.3 Å². The molecule has 2 heterocycles. The highest BCUT2D eigenvalue weighted by Crippen LogP contribution is 2.40. The van der Waals surface area contributed by atoms with Crippen LogP contribution in [-0.2, 0) is 9.53 Å². The number of carbonyl (C=O) groups is 2. The predicted octanol–water partition coefficient (Wildman–Crippen LogP) is 0.411. The molecule has 19 heavy (non-hydrogen) atoms. The molecule has 2 saturated heterocycles. The van der Waals surface area contributed by atoms with Gasteiger partial charge in [-0.15, -0.1) is 0 Å². The van der Waals surface area contributed by atoms with E-state index in [1.807, 2.05) is 4.90 Å². The Bertz CT molecular complexity index is 358. The Morgan fingerprint density at radius 3 is 2.21 bits per heavy atom. The Kier molecular flexibility index (Phi) is 3.99. The van der Waals surface area contributed by atoms with Crippen molar-refractivity contribution in [2.75, 3.05) is 21.2 Å². The van der Waals surface area contributed by atoms with Gasteiger partial charge in [-0.2, -0.15) is 0 Å². The number of esters is 1. The van der Waals surface area contributed by atoms with Gasteiger partial charge in [-0.1, -0.05) is 0 Å². The maximum atomic E-state index is 12.2. The second-order valence-electron chi connectivity index (χ2n) is 5.75. The highest BCUT2D eigenvalue weighted by Gasteiger charge is 2.46. The van der Waals surface area contributed by atoms with Crippen molar-refractivity contribution >= 4 is 12.0 Å². The number of piperidine rings is 1. The molecule has 4 atom stereocenters. The first-order valence-electron chi connectivity index (χ1n) is 6.78. The molecule has 3 unspecified atom stereocenters. The third-order valence-corrected chi connectivity index (χ3v) is 4.35. The standard InChI is InChI=1S/C13H23N3O3/c1-15(2)13(18)16-9-4-5-10(16)7-8(6-9)11(14)12(17)19-3/h8-11H,4-7,14H2,1-3H3/t8?,9-,10?,11?/m0/s1. The van der Waals surface area contributed by atoms with E-state index < -0.39 is 6.04 Å². The van der Waals surface area contributed by atoms with Crippen LogP contribution in [-0.4, -0.2) is 61.1 Å². The molecular formula is C13H23N3O3. The van der Waals surface area contributed by atoms with E-state index in [4.69, 9.17) is 10.5 Å². The normalized spacial score (nSPS) is 30.9. The van der Waals surface area contributed by atoms with Crippen molar-refractivity contribution in [2.24, 2.45) is 11.7 Å². The molecule has 108 valence electrons. The highest BCUT2D eigenvalue weighted by atomic mass is 16.5. The van der Waals surface area contributed by atoms with Crippen LogP contribution >= 0.6 is 0 Å². The van der Waals surface area contributed by atoms with E-state index in [1.165, 1.54) is 7.11 Å². The Balaban J connectivity index is 2.05. The minimum atomic E-state index is -0.565. The zero-order valence-corrected chi connectivity index (χ0v) is 11.8. The van der Waals surface area contributed by atoms with Crippen LogP contribution in [0.25, 0.3) is 0 Å². The number of methoxy groups -OCH3 is 1. The molecule has 0 spiro atoms. The Hall–Kier alpha value is -1.30. The number of urea groups is 1. The summed E-state index contributed by atoms with van der Waals surface area (Å²) in [4.78, 5) is 27.3. The third kappa shape index (κ3) is 2.54. The van der Waals surface area contributed by atoms with E-state index in [1.54, 1.807) is 19.0 Å². The van der Waals surface area contributed by atoms with Gasteiger partial charge in [0.05, 0.1) is 7.11 Å². The maximum absolute atomic E-state index is 12.2. The molecule has 2 bridgehead atoms. The predicted molar refractivity (Wildman–Crippen MR) is 70.4 cm³/mol. The van der Waals surface area contributed by atoms with Crippen LogP contribution in [0.2, 0.25) is 0 Å². The number of hydrogen-bond donors (Lipinski definition) is 1. The highest BCUT2D eigenvalue weighted by molar-refractivity contribution is 5.77. The third-order valence-electron chi connectivity index (χ3n) is 4.35. The van der Waals surface area contributed by atoms with Gasteiger partial charge in [0.2, 0.25) is 0 Å². The van der Waals surface area contributed by atoms with Gasteiger partial charge in [0, 0.05) is 26.2 Å². The van der Waals surface area contributed by atoms with E-state index in [0.717, 1.165) is 25.7 Å². The monoisotopic (exact) mass is 269 g/mol. The van der Waals surface area contributed by atoms with Crippen LogP contribution in [0, 0.1) is 5.92 Å². The Morgan fingerprint density at radius 1 is 1.26 bits per heavy atom. The van der Waals surface area contributed by atoms with Crippen LogP contribution < -0.4 is 5.73 Å². The number of ether oxygens (including phenoxy) is 1. The molecule has 0 saturated carbocycles. The van der Waals surface area contributed by atoms with Crippen LogP contribution in [0.5, 0.6) is 0 Å². The molecule has 6 nitrogen and oxygen atoms in total. The molecule has 6 heteroatoms. The van der Waals surface area contributed by atoms with Crippen molar-refractivity contribution in [2.45, 2.75) is 43.8 Å². The molecule has 0 aliphatic carbocycles. The fraction of sp³-hybridized carbons (Fsp3) is 0.846. The molecule has 2 aliphatic heterocycles. The van der Waals surface area contributed by atoms with E-state index in [-0.39, 0.29) is 30.0 Å². The van der Waals surface area contributed by atoms with Crippen LogP contribution in [0.3, 0.4) is 0 Å². The average molecular weight is 269 g/mol. The Labute approximate surface area is 113 Å². The second-order valence-corrected chi connectivity index (χ2v) is 5.75. The van der Waals surface area contributed by atoms with Crippen LogP contribution in [0.15, 0.2) is 0 Å². The summed E-state index contributed by atoms with van der Waals surface area (Å²) in [5, 5.41) is 0. The summed E-state index contributed by atoms with van der Waals surface area (Å²) in [5.41, 5.74) is 5.95. The van der Waals surface area contributed by atoms with E-state index in [0.29, 0.717) is 0 Å². The fourth-order valence-corrected chi connectivity index (χ4v) is 3.38. The van der Waals surface area contributed by atoms with Gasteiger partial charge in [0.15, 0.2) is 0 Å². The lowest BCUT2D eigenvalue weighted by Gasteiger charge is -2.41. The zero-order chi connectivity index (χ0) is 14.2. The SMILES string of the molecule is COC(=O)C(N)C1CC2CC[C@@H](C1)N2C(=O)N(C)C. The first-order chi connectivity index (χ1) is 8.95. The fourth-order valence-electron chi connectivity index (χ4n) is 3.38. The zero-order valence-electron chi connectivity index (χ0n) is 11.8. The van der Waals surface area contributed by atoms with Gasteiger partial charge >= 0.3 is 12.0 Å². The summed E-state index contributed by atoms with van der Waals surface area (Å²) in [6, 6.07) is -0.0639. The molecule has 0 aromatic rings. The number of amides is 2. The molecular weight excluding hydrogens is 246 g/mol. The van der Waals surface area contributed by atoms with E-state index in [2.05, 4.69) is 0 Å². The summed E-state index contributed by atoms with van der Waals surface area (Å²) >= 11 is 0. The second kappa shape index (κ2) is 5.36. The van der Waals surface area contributed by atoms with Crippen LogP contribution in [0.1, 0.15) is 25.7 Å².